The van der Waals surface area contributed by atoms with Crippen LogP contribution < -0.4 is 29.6 Å². The van der Waals surface area contributed by atoms with Gasteiger partial charge in [-0.2, -0.15) is 0 Å². The number of hydrogen-bond donors (Lipinski definition) is 0. The molecule has 0 unspecified atom stereocenters. The molecule has 0 aliphatic rings. The van der Waals surface area contributed by atoms with Gasteiger partial charge in [0, 0.05) is 0 Å². The molecule has 0 saturated carbocycles. The second-order valence-corrected chi connectivity index (χ2v) is 0.842. The van der Waals surface area contributed by atoms with Gasteiger partial charge >= 0.3 is 54.9 Å². The van der Waals surface area contributed by atoms with Crippen LogP contribution in [0.1, 0.15) is 0 Å². The van der Waals surface area contributed by atoms with Gasteiger partial charge in [0.1, 0.15) is 0 Å². The van der Waals surface area contributed by atoms with Crippen molar-refractivity contribution >= 4 is 0 Å². The molecule has 1 N–H and O–H groups in total. The second kappa shape index (κ2) is 9.31. The van der Waals surface area contributed by atoms with Crippen LogP contribution in [0.5, 0.6) is 0 Å². The average molecular weight is 140 g/mol. The van der Waals surface area contributed by atoms with E-state index in [1.807, 2.05) is 0 Å². The number of rotatable bonds is 0. The van der Waals surface area contributed by atoms with Crippen molar-refractivity contribution in [1.29, 1.82) is 0 Å². The molecule has 0 aromatic carbocycles. The van der Waals surface area contributed by atoms with Gasteiger partial charge in [-0.1, -0.05) is 0 Å². The quantitative estimate of drug-likeness (QED) is 0.326. The molecule has 0 bridgehead atoms. The molecule has 0 rings (SSSR count). The first-order valence-corrected chi connectivity index (χ1v) is 2.06. The molecule has 0 fully saturated rings. The minimum absolute atomic E-state index is 0. The van der Waals surface area contributed by atoms with Gasteiger partial charge in [0.25, 0.3) is 0 Å². The predicted molar refractivity (Wildman–Crippen MR) is 4.00 cm³/mol. The second-order valence-electron chi connectivity index (χ2n) is 0.204. The van der Waals surface area contributed by atoms with E-state index in [-0.39, 0.29) is 35.0 Å². The normalized spacial score (nSPS) is 4.00. The van der Waals surface area contributed by atoms with Crippen molar-refractivity contribution in [2.24, 2.45) is 0 Å². The Morgan fingerprint density at radius 3 is 1.00 bits per heavy atom. The van der Waals surface area contributed by atoms with E-state index in [4.69, 9.17) is 11.4 Å². The van der Waals surface area contributed by atoms with Crippen molar-refractivity contribution in [3.63, 3.8) is 0 Å². The molecular formula is HCrNaO4. The van der Waals surface area contributed by atoms with Crippen molar-refractivity contribution < 1.29 is 60.4 Å². The van der Waals surface area contributed by atoms with Crippen molar-refractivity contribution in [3.05, 3.63) is 0 Å². The van der Waals surface area contributed by atoms with E-state index < -0.39 is 14.0 Å². The molecule has 0 aromatic rings. The minimum atomic E-state index is -3.79. The average Bonchev–Trinajstić information content (AvgIpc) is 0.811. The molecule has 0 amide bonds. The molecule has 0 saturated heterocycles. The van der Waals surface area contributed by atoms with Crippen LogP contribution in [-0.2, 0) is 25.4 Å². The first-order valence-electron chi connectivity index (χ1n) is 0.500. The summed E-state index contributed by atoms with van der Waals surface area (Å²) in [4.78, 5) is 0. The maximum atomic E-state index is 8.54. The van der Waals surface area contributed by atoms with Gasteiger partial charge in [0.2, 0.25) is 0 Å². The molecule has 0 atom stereocenters. The van der Waals surface area contributed by atoms with Crippen molar-refractivity contribution in [1.82, 2.24) is 0 Å². The van der Waals surface area contributed by atoms with Gasteiger partial charge in [-0.05, 0) is 0 Å². The molecule has 0 heterocycles. The van der Waals surface area contributed by atoms with Crippen LogP contribution >= 0.6 is 0 Å². The first-order chi connectivity index (χ1) is 1.73. The van der Waals surface area contributed by atoms with Crippen LogP contribution in [-0.4, -0.2) is 5.48 Å². The maximum absolute atomic E-state index is 8.54. The van der Waals surface area contributed by atoms with E-state index in [0.717, 1.165) is 0 Å². The summed E-state index contributed by atoms with van der Waals surface area (Å²) in [5.41, 5.74) is 0. The zero-order chi connectivity index (χ0) is 3.58. The third kappa shape index (κ3) is 93.1. The summed E-state index contributed by atoms with van der Waals surface area (Å²) in [6, 6.07) is 0. The Morgan fingerprint density at radius 2 is 1.00 bits per heavy atom. The summed E-state index contributed by atoms with van der Waals surface area (Å²) < 4.78 is 25.6. The Balaban J connectivity index is -0.0000000450. The van der Waals surface area contributed by atoms with Crippen LogP contribution in [0.3, 0.4) is 0 Å². The molecule has 32 valence electrons. The van der Waals surface area contributed by atoms with Crippen molar-refractivity contribution in [3.8, 4) is 0 Å². The SMILES string of the molecule is [Na+].[OH-].[O]=[Cr](=[O])=[O]. The van der Waals surface area contributed by atoms with E-state index in [2.05, 4.69) is 0 Å². The van der Waals surface area contributed by atoms with Crippen LogP contribution in [0.15, 0.2) is 0 Å². The third-order valence-corrected chi connectivity index (χ3v) is 0. The molecule has 0 aliphatic carbocycles. The van der Waals surface area contributed by atoms with E-state index in [1.54, 1.807) is 0 Å². The third-order valence-electron chi connectivity index (χ3n) is 0. The molecule has 0 spiro atoms. The Morgan fingerprint density at radius 1 is 1.00 bits per heavy atom. The summed E-state index contributed by atoms with van der Waals surface area (Å²) in [5, 5.41) is 0. The molecule has 0 radical (unpaired) electrons. The van der Waals surface area contributed by atoms with Crippen LogP contribution in [0.2, 0.25) is 0 Å². The number of hydrogen-bond acceptors (Lipinski definition) is 4. The van der Waals surface area contributed by atoms with E-state index in [1.165, 1.54) is 0 Å². The van der Waals surface area contributed by atoms with Crippen LogP contribution in [0.4, 0.5) is 0 Å². The monoisotopic (exact) mass is 140 g/mol. The first kappa shape index (κ1) is 15.8. The summed E-state index contributed by atoms with van der Waals surface area (Å²) in [7, 11) is 0. The fourth-order valence-electron chi connectivity index (χ4n) is 0. The zero-order valence-corrected chi connectivity index (χ0v) is 6.36. The van der Waals surface area contributed by atoms with Gasteiger partial charge < -0.3 is 5.48 Å². The zero-order valence-electron chi connectivity index (χ0n) is 3.08. The Kier molecular flexibility index (Phi) is 24.5. The summed E-state index contributed by atoms with van der Waals surface area (Å²) in [6.45, 7) is 0. The Bertz CT molecular complexity index is 76.9. The van der Waals surface area contributed by atoms with E-state index >= 15 is 0 Å². The van der Waals surface area contributed by atoms with E-state index in [9.17, 15) is 0 Å². The summed E-state index contributed by atoms with van der Waals surface area (Å²) >= 11 is -3.79. The Hall–Kier alpha value is 0.892. The van der Waals surface area contributed by atoms with Gasteiger partial charge in [-0.25, -0.2) is 0 Å². The molecule has 0 aromatic heterocycles. The predicted octanol–water partition coefficient (Wildman–Crippen LogP) is -3.53. The molecule has 4 nitrogen and oxygen atoms in total. The van der Waals surface area contributed by atoms with Gasteiger partial charge in [-0.3, -0.25) is 0 Å². The Labute approximate surface area is 60.2 Å². The molecule has 6 heteroatoms. The molecule has 0 aliphatic heterocycles. The van der Waals surface area contributed by atoms with Gasteiger partial charge in [0.05, 0.1) is 0 Å². The van der Waals surface area contributed by atoms with Gasteiger partial charge in [-0.15, -0.1) is 0 Å². The standard InChI is InChI=1S/Cr.Na.H2O.3O/h;;1H2;;;/q;+1;;;;/p-1. The van der Waals surface area contributed by atoms with Crippen molar-refractivity contribution in [2.45, 2.75) is 0 Å². The molecular weight excluding hydrogens is 139 g/mol. The van der Waals surface area contributed by atoms with Crippen LogP contribution in [0.25, 0.3) is 0 Å². The topological polar surface area (TPSA) is 81.2 Å². The molecule has 6 heavy (non-hydrogen) atoms. The fourth-order valence-corrected chi connectivity index (χ4v) is 0. The summed E-state index contributed by atoms with van der Waals surface area (Å²) in [5.74, 6) is 0. The summed E-state index contributed by atoms with van der Waals surface area (Å²) in [6.07, 6.45) is 0. The van der Waals surface area contributed by atoms with Gasteiger partial charge in [0.15, 0.2) is 0 Å². The fraction of sp³-hybridized carbons (Fsp3) is 0. The van der Waals surface area contributed by atoms with E-state index in [0.29, 0.717) is 0 Å². The van der Waals surface area contributed by atoms with Crippen molar-refractivity contribution in [2.75, 3.05) is 0 Å². The van der Waals surface area contributed by atoms with Crippen LogP contribution in [0, 0.1) is 0 Å².